The van der Waals surface area contributed by atoms with Gasteiger partial charge in [-0.15, -0.1) is 0 Å². The van der Waals surface area contributed by atoms with E-state index in [0.717, 1.165) is 11.1 Å². The van der Waals surface area contributed by atoms with E-state index < -0.39 is 11.7 Å². The van der Waals surface area contributed by atoms with Crippen LogP contribution in [0.4, 0.5) is 4.79 Å². The van der Waals surface area contributed by atoms with E-state index in [2.05, 4.69) is 16.0 Å². The molecular formula is C19H29N3O4. The molecule has 0 radical (unpaired) electrons. The van der Waals surface area contributed by atoms with Crippen LogP contribution in [0.2, 0.25) is 0 Å². The molecule has 7 nitrogen and oxygen atoms in total. The first-order chi connectivity index (χ1) is 12.2. The molecule has 0 aliphatic heterocycles. The van der Waals surface area contributed by atoms with Crippen molar-refractivity contribution < 1.29 is 19.1 Å². The number of carbonyl (C=O) groups is 3. The molecule has 0 unspecified atom stereocenters. The van der Waals surface area contributed by atoms with Crippen molar-refractivity contribution in [1.82, 2.24) is 16.0 Å². The fourth-order valence-electron chi connectivity index (χ4n) is 2.14. The van der Waals surface area contributed by atoms with Crippen LogP contribution in [0.15, 0.2) is 24.3 Å². The zero-order valence-electron chi connectivity index (χ0n) is 16.0. The predicted molar refractivity (Wildman–Crippen MR) is 99.8 cm³/mol. The van der Waals surface area contributed by atoms with Crippen LogP contribution >= 0.6 is 0 Å². The summed E-state index contributed by atoms with van der Waals surface area (Å²) >= 11 is 0. The van der Waals surface area contributed by atoms with E-state index in [-0.39, 0.29) is 18.4 Å². The second kappa shape index (κ2) is 10.4. The summed E-state index contributed by atoms with van der Waals surface area (Å²) in [5.74, 6) is -0.351. The highest BCUT2D eigenvalue weighted by molar-refractivity contribution is 5.82. The van der Waals surface area contributed by atoms with E-state index in [0.29, 0.717) is 25.9 Å². The first-order valence-corrected chi connectivity index (χ1v) is 8.71. The Labute approximate surface area is 154 Å². The van der Waals surface area contributed by atoms with Crippen LogP contribution in [-0.2, 0) is 20.7 Å². The largest absolute Gasteiger partial charge is 0.444 e. The van der Waals surface area contributed by atoms with Gasteiger partial charge in [-0.3, -0.25) is 9.59 Å². The van der Waals surface area contributed by atoms with Crippen molar-refractivity contribution in [3.05, 3.63) is 35.4 Å². The number of ether oxygens (including phenoxy) is 1. The van der Waals surface area contributed by atoms with Gasteiger partial charge in [0.15, 0.2) is 0 Å². The molecule has 144 valence electrons. The van der Waals surface area contributed by atoms with Crippen molar-refractivity contribution >= 4 is 17.9 Å². The molecule has 0 bridgehead atoms. The Bertz CT molecular complexity index is 623. The molecule has 0 saturated carbocycles. The van der Waals surface area contributed by atoms with Gasteiger partial charge in [-0.25, -0.2) is 4.79 Å². The summed E-state index contributed by atoms with van der Waals surface area (Å²) in [4.78, 5) is 34.9. The lowest BCUT2D eigenvalue weighted by Crippen LogP contribution is -2.40. The first-order valence-electron chi connectivity index (χ1n) is 8.71. The SMILES string of the molecule is Cc1cccc(CC(=O)NCCCNC(=O)CNC(=O)OC(C)(C)C)c1. The summed E-state index contributed by atoms with van der Waals surface area (Å²) in [6, 6.07) is 7.82. The molecule has 0 saturated heterocycles. The third-order valence-electron chi connectivity index (χ3n) is 3.24. The van der Waals surface area contributed by atoms with Crippen LogP contribution in [0.1, 0.15) is 38.3 Å². The summed E-state index contributed by atoms with van der Waals surface area (Å²) in [5.41, 5.74) is 1.50. The normalized spacial score (nSPS) is 10.8. The zero-order chi connectivity index (χ0) is 19.6. The Balaban J connectivity index is 2.10. The molecule has 1 aromatic rings. The van der Waals surface area contributed by atoms with E-state index >= 15 is 0 Å². The van der Waals surface area contributed by atoms with Crippen LogP contribution in [0.5, 0.6) is 0 Å². The second-order valence-electron chi connectivity index (χ2n) is 7.07. The van der Waals surface area contributed by atoms with Crippen molar-refractivity contribution in [2.24, 2.45) is 0 Å². The average molecular weight is 363 g/mol. The molecule has 1 aromatic carbocycles. The molecule has 3 amide bonds. The van der Waals surface area contributed by atoms with Crippen molar-refractivity contribution in [2.45, 2.75) is 46.1 Å². The lowest BCUT2D eigenvalue weighted by atomic mass is 10.1. The minimum atomic E-state index is -0.629. The first kappa shape index (κ1) is 21.5. The summed E-state index contributed by atoms with van der Waals surface area (Å²) in [6.07, 6.45) is 0.321. The van der Waals surface area contributed by atoms with Gasteiger partial charge in [0.1, 0.15) is 5.60 Å². The Morgan fingerprint density at radius 2 is 1.65 bits per heavy atom. The Morgan fingerprint density at radius 3 is 2.27 bits per heavy atom. The van der Waals surface area contributed by atoms with Crippen molar-refractivity contribution in [3.63, 3.8) is 0 Å². The quantitative estimate of drug-likeness (QED) is 0.612. The summed E-state index contributed by atoms with van der Waals surface area (Å²) < 4.78 is 5.04. The highest BCUT2D eigenvalue weighted by atomic mass is 16.6. The van der Waals surface area contributed by atoms with E-state index in [1.54, 1.807) is 20.8 Å². The van der Waals surface area contributed by atoms with Gasteiger partial charge in [0.05, 0.1) is 13.0 Å². The third kappa shape index (κ3) is 10.3. The molecule has 0 atom stereocenters. The smallest absolute Gasteiger partial charge is 0.408 e. The number of benzene rings is 1. The summed E-state index contributed by atoms with van der Waals surface area (Å²) in [7, 11) is 0. The van der Waals surface area contributed by atoms with Gasteiger partial charge < -0.3 is 20.7 Å². The van der Waals surface area contributed by atoms with E-state index in [1.165, 1.54) is 0 Å². The molecule has 1 rings (SSSR count). The van der Waals surface area contributed by atoms with Gasteiger partial charge in [-0.2, -0.15) is 0 Å². The van der Waals surface area contributed by atoms with Gasteiger partial charge in [0, 0.05) is 13.1 Å². The maximum Gasteiger partial charge on any atom is 0.408 e. The fourth-order valence-corrected chi connectivity index (χ4v) is 2.14. The monoisotopic (exact) mass is 363 g/mol. The molecule has 0 fully saturated rings. The van der Waals surface area contributed by atoms with E-state index in [1.807, 2.05) is 31.2 Å². The Hall–Kier alpha value is -2.57. The number of alkyl carbamates (subject to hydrolysis) is 1. The number of hydrogen-bond donors (Lipinski definition) is 3. The minimum absolute atomic E-state index is 0.0477. The third-order valence-corrected chi connectivity index (χ3v) is 3.24. The maximum absolute atomic E-state index is 11.9. The molecule has 0 aliphatic rings. The number of aryl methyl sites for hydroxylation is 1. The van der Waals surface area contributed by atoms with Gasteiger partial charge in [0.2, 0.25) is 11.8 Å². The number of carbonyl (C=O) groups excluding carboxylic acids is 3. The number of rotatable bonds is 8. The van der Waals surface area contributed by atoms with Gasteiger partial charge in [-0.1, -0.05) is 29.8 Å². The highest BCUT2D eigenvalue weighted by Gasteiger charge is 2.16. The van der Waals surface area contributed by atoms with Gasteiger partial charge in [-0.05, 0) is 39.7 Å². The number of hydrogen-bond acceptors (Lipinski definition) is 4. The number of amides is 3. The summed E-state index contributed by atoms with van der Waals surface area (Å²) in [6.45, 7) is 7.99. The molecule has 0 spiro atoms. The molecule has 0 aliphatic carbocycles. The summed E-state index contributed by atoms with van der Waals surface area (Å²) in [5, 5.41) is 7.88. The minimum Gasteiger partial charge on any atom is -0.444 e. The molecular weight excluding hydrogens is 334 g/mol. The van der Waals surface area contributed by atoms with Crippen molar-refractivity contribution in [2.75, 3.05) is 19.6 Å². The van der Waals surface area contributed by atoms with Gasteiger partial charge >= 0.3 is 6.09 Å². The van der Waals surface area contributed by atoms with Crippen LogP contribution in [0, 0.1) is 6.92 Å². The Morgan fingerprint density at radius 1 is 1.00 bits per heavy atom. The lowest BCUT2D eigenvalue weighted by molar-refractivity contribution is -0.120. The molecule has 3 N–H and O–H groups in total. The molecule has 0 aromatic heterocycles. The molecule has 0 heterocycles. The maximum atomic E-state index is 11.9. The van der Waals surface area contributed by atoms with E-state index in [4.69, 9.17) is 4.74 Å². The zero-order valence-corrected chi connectivity index (χ0v) is 16.0. The van der Waals surface area contributed by atoms with Crippen LogP contribution in [0.3, 0.4) is 0 Å². The average Bonchev–Trinajstić information content (AvgIpc) is 2.51. The number of nitrogens with one attached hydrogen (secondary N) is 3. The topological polar surface area (TPSA) is 96.5 Å². The Kier molecular flexibility index (Phi) is 8.61. The molecule has 26 heavy (non-hydrogen) atoms. The van der Waals surface area contributed by atoms with Crippen LogP contribution < -0.4 is 16.0 Å². The lowest BCUT2D eigenvalue weighted by Gasteiger charge is -2.19. The predicted octanol–water partition coefficient (Wildman–Crippen LogP) is 1.68. The highest BCUT2D eigenvalue weighted by Crippen LogP contribution is 2.06. The second-order valence-corrected chi connectivity index (χ2v) is 7.07. The standard InChI is InChI=1S/C19H29N3O4/c1-14-7-5-8-15(11-14)12-16(23)20-9-6-10-21-17(24)13-22-18(25)26-19(2,3)4/h5,7-8,11H,6,9-10,12-13H2,1-4H3,(H,20,23)(H,21,24)(H,22,25). The van der Waals surface area contributed by atoms with Crippen molar-refractivity contribution in [3.8, 4) is 0 Å². The van der Waals surface area contributed by atoms with Crippen molar-refractivity contribution in [1.29, 1.82) is 0 Å². The van der Waals surface area contributed by atoms with Crippen LogP contribution in [0.25, 0.3) is 0 Å². The molecule has 7 heteroatoms. The van der Waals surface area contributed by atoms with E-state index in [9.17, 15) is 14.4 Å². The fraction of sp³-hybridized carbons (Fsp3) is 0.526. The van der Waals surface area contributed by atoms with Crippen LogP contribution in [-0.4, -0.2) is 43.1 Å². The van der Waals surface area contributed by atoms with Gasteiger partial charge in [0.25, 0.3) is 0 Å².